The minimum absolute atomic E-state index is 0.254. The normalized spacial score (nSPS) is 14.6. The van der Waals surface area contributed by atoms with Crippen LogP contribution in [0.3, 0.4) is 0 Å². The largest absolute Gasteiger partial charge is 0.378 e. The molecule has 0 radical (unpaired) electrons. The molecule has 0 aliphatic heterocycles. The Bertz CT molecular complexity index is 367. The summed E-state index contributed by atoms with van der Waals surface area (Å²) in [5.74, 6) is 0. The van der Waals surface area contributed by atoms with Crippen LogP contribution in [0.1, 0.15) is 18.9 Å². The smallest absolute Gasteiger partial charge is 0.159 e. The number of hydrogen-bond donors (Lipinski definition) is 2. The van der Waals surface area contributed by atoms with E-state index in [0.717, 1.165) is 5.69 Å². The third kappa shape index (κ3) is 4.29. The minimum atomic E-state index is -0.259. The van der Waals surface area contributed by atoms with Gasteiger partial charge in [0.05, 0.1) is 5.54 Å². The molecule has 0 fully saturated rings. The molecule has 0 saturated heterocycles. The van der Waals surface area contributed by atoms with E-state index in [1.807, 2.05) is 12.1 Å². The summed E-state index contributed by atoms with van der Waals surface area (Å²) < 4.78 is 10.5. The Labute approximate surface area is 109 Å². The Morgan fingerprint density at radius 1 is 1.33 bits per heavy atom. The van der Waals surface area contributed by atoms with Crippen LogP contribution >= 0.6 is 0 Å². The number of anilines is 1. The number of benzene rings is 1. The number of nitrogens with one attached hydrogen (secondary N) is 1. The van der Waals surface area contributed by atoms with Gasteiger partial charge in [-0.2, -0.15) is 0 Å². The van der Waals surface area contributed by atoms with Crippen LogP contribution < -0.4 is 11.1 Å². The molecule has 0 spiro atoms. The van der Waals surface area contributed by atoms with Crippen molar-refractivity contribution in [3.05, 3.63) is 29.8 Å². The third-order valence-electron chi connectivity index (χ3n) is 3.06. The molecule has 0 amide bonds. The summed E-state index contributed by atoms with van der Waals surface area (Å²) in [6.07, 6.45) is 0.431. The van der Waals surface area contributed by atoms with Crippen molar-refractivity contribution in [1.29, 1.82) is 0 Å². The summed E-state index contributed by atoms with van der Waals surface area (Å²) in [6.45, 7) is 4.64. The van der Waals surface area contributed by atoms with Crippen LogP contribution in [0.25, 0.3) is 0 Å². The predicted molar refractivity (Wildman–Crippen MR) is 74.7 cm³/mol. The zero-order valence-corrected chi connectivity index (χ0v) is 11.7. The van der Waals surface area contributed by atoms with Gasteiger partial charge >= 0.3 is 0 Å². The zero-order valence-electron chi connectivity index (χ0n) is 11.7. The minimum Gasteiger partial charge on any atom is -0.378 e. The summed E-state index contributed by atoms with van der Waals surface area (Å²) in [5.41, 5.74) is 7.90. The van der Waals surface area contributed by atoms with Crippen LogP contribution in [0, 0.1) is 6.92 Å². The van der Waals surface area contributed by atoms with Crippen molar-refractivity contribution in [1.82, 2.24) is 0 Å². The lowest BCUT2D eigenvalue weighted by molar-refractivity contribution is -0.113. The molecule has 1 aromatic rings. The van der Waals surface area contributed by atoms with Gasteiger partial charge in [-0.15, -0.1) is 0 Å². The molecule has 18 heavy (non-hydrogen) atoms. The standard InChI is InChI=1S/C14H24N2O2/c1-11-6-5-7-12(8-11)16-14(2,10-15)9-13(17-3)18-4/h5-8,13,16H,9-10,15H2,1-4H3. The van der Waals surface area contributed by atoms with E-state index in [0.29, 0.717) is 13.0 Å². The van der Waals surface area contributed by atoms with Crippen molar-refractivity contribution < 1.29 is 9.47 Å². The van der Waals surface area contributed by atoms with Crippen LogP contribution in [0.2, 0.25) is 0 Å². The molecule has 1 rings (SSSR count). The van der Waals surface area contributed by atoms with Gasteiger partial charge in [-0.25, -0.2) is 0 Å². The fraction of sp³-hybridized carbons (Fsp3) is 0.571. The lowest BCUT2D eigenvalue weighted by Crippen LogP contribution is -2.45. The second-order valence-corrected chi connectivity index (χ2v) is 4.86. The molecule has 0 aliphatic rings. The van der Waals surface area contributed by atoms with Gasteiger partial charge in [0.25, 0.3) is 0 Å². The molecule has 0 bridgehead atoms. The molecule has 4 nitrogen and oxygen atoms in total. The van der Waals surface area contributed by atoms with Crippen molar-refractivity contribution in [3.8, 4) is 0 Å². The monoisotopic (exact) mass is 252 g/mol. The Morgan fingerprint density at radius 2 is 2.00 bits per heavy atom. The molecule has 4 heteroatoms. The summed E-state index contributed by atoms with van der Waals surface area (Å²) in [6, 6.07) is 8.23. The fourth-order valence-corrected chi connectivity index (χ4v) is 1.89. The van der Waals surface area contributed by atoms with Crippen LogP contribution in [0.4, 0.5) is 5.69 Å². The average molecular weight is 252 g/mol. The average Bonchev–Trinajstić information content (AvgIpc) is 2.36. The number of aryl methyl sites for hydroxylation is 1. The highest BCUT2D eigenvalue weighted by atomic mass is 16.7. The van der Waals surface area contributed by atoms with Gasteiger partial charge in [-0.3, -0.25) is 0 Å². The Hall–Kier alpha value is -1.10. The molecule has 1 unspecified atom stereocenters. The van der Waals surface area contributed by atoms with E-state index in [1.165, 1.54) is 5.56 Å². The van der Waals surface area contributed by atoms with Gasteiger partial charge in [0.15, 0.2) is 6.29 Å². The van der Waals surface area contributed by atoms with Gasteiger partial charge < -0.3 is 20.5 Å². The molecule has 0 heterocycles. The molecule has 102 valence electrons. The maximum Gasteiger partial charge on any atom is 0.159 e. The van der Waals surface area contributed by atoms with Crippen molar-refractivity contribution in [3.63, 3.8) is 0 Å². The number of ether oxygens (including phenoxy) is 2. The predicted octanol–water partition coefficient (Wildman–Crippen LogP) is 2.13. The highest BCUT2D eigenvalue weighted by molar-refractivity contribution is 5.47. The molecule has 3 N–H and O–H groups in total. The van der Waals surface area contributed by atoms with E-state index < -0.39 is 0 Å². The van der Waals surface area contributed by atoms with Crippen LogP contribution in [-0.2, 0) is 9.47 Å². The molecule has 1 aromatic carbocycles. The van der Waals surface area contributed by atoms with E-state index in [4.69, 9.17) is 15.2 Å². The lowest BCUT2D eigenvalue weighted by atomic mass is 9.96. The van der Waals surface area contributed by atoms with Crippen molar-refractivity contribution >= 4 is 5.69 Å². The Morgan fingerprint density at radius 3 is 2.50 bits per heavy atom. The fourth-order valence-electron chi connectivity index (χ4n) is 1.89. The number of nitrogens with two attached hydrogens (primary N) is 1. The van der Waals surface area contributed by atoms with Crippen molar-refractivity contribution in [2.45, 2.75) is 32.1 Å². The molecule has 1 atom stereocenters. The van der Waals surface area contributed by atoms with Crippen molar-refractivity contribution in [2.75, 3.05) is 26.1 Å². The SMILES string of the molecule is COC(CC(C)(CN)Nc1cccc(C)c1)OC. The first-order valence-electron chi connectivity index (χ1n) is 6.13. The van der Waals surface area contributed by atoms with Gasteiger partial charge in [0.2, 0.25) is 0 Å². The Kier molecular flexibility index (Phi) is 5.59. The first-order valence-corrected chi connectivity index (χ1v) is 6.13. The summed E-state index contributed by atoms with van der Waals surface area (Å²) in [7, 11) is 3.27. The van der Waals surface area contributed by atoms with Crippen LogP contribution in [0.5, 0.6) is 0 Å². The first kappa shape index (κ1) is 15.0. The topological polar surface area (TPSA) is 56.5 Å². The van der Waals surface area contributed by atoms with Crippen LogP contribution in [-0.4, -0.2) is 32.6 Å². The molecule has 0 aliphatic carbocycles. The molecular formula is C14H24N2O2. The maximum absolute atomic E-state index is 5.88. The molecular weight excluding hydrogens is 228 g/mol. The third-order valence-corrected chi connectivity index (χ3v) is 3.06. The molecule has 0 saturated carbocycles. The molecule has 0 aromatic heterocycles. The zero-order chi connectivity index (χ0) is 13.6. The van der Waals surface area contributed by atoms with E-state index >= 15 is 0 Å². The number of rotatable bonds is 7. The maximum atomic E-state index is 5.88. The van der Waals surface area contributed by atoms with E-state index in [2.05, 4.69) is 31.3 Å². The van der Waals surface area contributed by atoms with Gasteiger partial charge in [-0.05, 0) is 31.5 Å². The van der Waals surface area contributed by atoms with E-state index in [9.17, 15) is 0 Å². The lowest BCUT2D eigenvalue weighted by Gasteiger charge is -2.33. The van der Waals surface area contributed by atoms with Gasteiger partial charge in [-0.1, -0.05) is 12.1 Å². The Balaban J connectivity index is 2.75. The van der Waals surface area contributed by atoms with E-state index in [-0.39, 0.29) is 11.8 Å². The van der Waals surface area contributed by atoms with Gasteiger partial charge in [0.1, 0.15) is 0 Å². The summed E-state index contributed by atoms with van der Waals surface area (Å²) >= 11 is 0. The number of methoxy groups -OCH3 is 2. The number of hydrogen-bond acceptors (Lipinski definition) is 4. The quantitative estimate of drug-likeness (QED) is 0.730. The second kappa shape index (κ2) is 6.73. The van der Waals surface area contributed by atoms with Crippen LogP contribution in [0.15, 0.2) is 24.3 Å². The highest BCUT2D eigenvalue weighted by Crippen LogP contribution is 2.21. The first-order chi connectivity index (χ1) is 8.53. The van der Waals surface area contributed by atoms with E-state index in [1.54, 1.807) is 14.2 Å². The second-order valence-electron chi connectivity index (χ2n) is 4.86. The summed E-state index contributed by atoms with van der Waals surface area (Å²) in [4.78, 5) is 0. The van der Waals surface area contributed by atoms with Gasteiger partial charge in [0, 0.05) is 32.9 Å². The summed E-state index contributed by atoms with van der Waals surface area (Å²) in [5, 5.41) is 3.46. The highest BCUT2D eigenvalue weighted by Gasteiger charge is 2.26. The van der Waals surface area contributed by atoms with Crippen molar-refractivity contribution in [2.24, 2.45) is 5.73 Å².